The van der Waals surface area contributed by atoms with Gasteiger partial charge in [0, 0.05) is 12.2 Å². The zero-order valence-electron chi connectivity index (χ0n) is 14.0. The van der Waals surface area contributed by atoms with Crippen LogP contribution in [0.1, 0.15) is 5.56 Å². The molecule has 0 saturated carbocycles. The van der Waals surface area contributed by atoms with Gasteiger partial charge >= 0.3 is 12.1 Å². The molecular formula is C18H16Cl2FN3O3. The maximum Gasteiger partial charge on any atom is 0.414 e. The van der Waals surface area contributed by atoms with Crippen molar-refractivity contribution >= 4 is 41.0 Å². The van der Waals surface area contributed by atoms with Gasteiger partial charge in [-0.1, -0.05) is 35.3 Å². The van der Waals surface area contributed by atoms with Crippen molar-refractivity contribution in [1.82, 2.24) is 10.6 Å². The van der Waals surface area contributed by atoms with Gasteiger partial charge in [0.1, 0.15) is 11.9 Å². The minimum absolute atomic E-state index is 0.152. The van der Waals surface area contributed by atoms with E-state index in [2.05, 4.69) is 10.6 Å². The summed E-state index contributed by atoms with van der Waals surface area (Å²) in [6.07, 6.45) is -1.02. The van der Waals surface area contributed by atoms with Crippen LogP contribution in [0.25, 0.3) is 0 Å². The van der Waals surface area contributed by atoms with Gasteiger partial charge in [-0.05, 0) is 35.9 Å². The minimum atomic E-state index is -0.521. The van der Waals surface area contributed by atoms with Gasteiger partial charge in [0.15, 0.2) is 0 Å². The summed E-state index contributed by atoms with van der Waals surface area (Å²) in [7, 11) is 0. The van der Waals surface area contributed by atoms with Crippen LogP contribution in [0.3, 0.4) is 0 Å². The fourth-order valence-corrected chi connectivity index (χ4v) is 2.84. The Morgan fingerprint density at radius 1 is 1.15 bits per heavy atom. The van der Waals surface area contributed by atoms with Crippen LogP contribution in [0.5, 0.6) is 0 Å². The third-order valence-electron chi connectivity index (χ3n) is 3.95. The number of hydrogen-bond donors (Lipinski definition) is 2. The second-order valence-corrected chi connectivity index (χ2v) is 6.72. The minimum Gasteiger partial charge on any atom is -0.442 e. The van der Waals surface area contributed by atoms with Crippen molar-refractivity contribution in [3.63, 3.8) is 0 Å². The summed E-state index contributed by atoms with van der Waals surface area (Å²) in [6.45, 7) is 0.680. The van der Waals surface area contributed by atoms with E-state index in [4.69, 9.17) is 27.9 Å². The van der Waals surface area contributed by atoms with E-state index in [1.807, 2.05) is 0 Å². The van der Waals surface area contributed by atoms with Crippen LogP contribution in [0.2, 0.25) is 10.0 Å². The lowest BCUT2D eigenvalue weighted by atomic mass is 10.2. The van der Waals surface area contributed by atoms with Gasteiger partial charge < -0.3 is 15.4 Å². The Labute approximate surface area is 165 Å². The second kappa shape index (κ2) is 8.45. The van der Waals surface area contributed by atoms with E-state index in [1.165, 1.54) is 17.0 Å². The molecule has 2 aromatic rings. The molecule has 0 aromatic heterocycles. The predicted octanol–water partition coefficient (Wildman–Crippen LogP) is 3.96. The Kier molecular flexibility index (Phi) is 6.03. The molecule has 0 spiro atoms. The molecule has 2 N–H and O–H groups in total. The molecule has 1 aliphatic rings. The lowest BCUT2D eigenvalue weighted by Crippen LogP contribution is -2.40. The molecule has 1 heterocycles. The van der Waals surface area contributed by atoms with Crippen LogP contribution in [-0.2, 0) is 11.3 Å². The quantitative estimate of drug-likeness (QED) is 0.781. The maximum absolute atomic E-state index is 12.8. The highest BCUT2D eigenvalue weighted by Gasteiger charge is 2.32. The van der Waals surface area contributed by atoms with Gasteiger partial charge in [-0.3, -0.25) is 4.90 Å². The lowest BCUT2D eigenvalue weighted by Gasteiger charge is -2.14. The molecule has 0 bridgehead atoms. The zero-order valence-corrected chi connectivity index (χ0v) is 15.6. The van der Waals surface area contributed by atoms with Crippen LogP contribution in [0, 0.1) is 5.82 Å². The Hall–Kier alpha value is -2.51. The number of carbonyl (C=O) groups is 2. The number of cyclic esters (lactones) is 1. The first kappa shape index (κ1) is 19.3. The Bertz CT molecular complexity index is 848. The molecule has 6 nitrogen and oxygen atoms in total. The Balaban J connectivity index is 1.47. The maximum atomic E-state index is 12.8. The van der Waals surface area contributed by atoms with E-state index in [9.17, 15) is 14.0 Å². The van der Waals surface area contributed by atoms with Gasteiger partial charge in [0.05, 0.1) is 23.1 Å². The average Bonchev–Trinajstić information content (AvgIpc) is 3.02. The highest BCUT2D eigenvalue weighted by atomic mass is 35.5. The topological polar surface area (TPSA) is 70.7 Å². The first-order valence-electron chi connectivity index (χ1n) is 8.12. The van der Waals surface area contributed by atoms with Crippen LogP contribution >= 0.6 is 23.2 Å². The first-order valence-corrected chi connectivity index (χ1v) is 8.87. The molecule has 1 aliphatic heterocycles. The summed E-state index contributed by atoms with van der Waals surface area (Å²) >= 11 is 11.9. The van der Waals surface area contributed by atoms with Crippen molar-refractivity contribution in [3.05, 3.63) is 63.9 Å². The van der Waals surface area contributed by atoms with Crippen molar-refractivity contribution < 1.29 is 18.7 Å². The molecule has 2 aromatic carbocycles. The molecule has 1 fully saturated rings. The molecule has 3 amide bonds. The van der Waals surface area contributed by atoms with Crippen LogP contribution < -0.4 is 15.5 Å². The van der Waals surface area contributed by atoms with E-state index in [0.717, 1.165) is 5.56 Å². The van der Waals surface area contributed by atoms with Crippen molar-refractivity contribution in [1.29, 1.82) is 0 Å². The molecule has 9 heteroatoms. The van der Waals surface area contributed by atoms with Crippen LogP contribution in [-0.4, -0.2) is 31.3 Å². The molecule has 1 atom stereocenters. The number of nitrogens with zero attached hydrogens (tertiary/aromatic N) is 1. The Morgan fingerprint density at radius 3 is 2.59 bits per heavy atom. The highest BCUT2D eigenvalue weighted by Crippen LogP contribution is 2.29. The van der Waals surface area contributed by atoms with E-state index in [-0.39, 0.29) is 25.5 Å². The van der Waals surface area contributed by atoms with Crippen molar-refractivity contribution in [2.75, 3.05) is 18.0 Å². The summed E-state index contributed by atoms with van der Waals surface area (Å²) in [5.41, 5.74) is 1.34. The van der Waals surface area contributed by atoms with Crippen molar-refractivity contribution in [2.24, 2.45) is 0 Å². The van der Waals surface area contributed by atoms with E-state index in [1.54, 1.807) is 30.3 Å². The number of urea groups is 1. The molecule has 27 heavy (non-hydrogen) atoms. The fraction of sp³-hybridized carbons (Fsp3) is 0.222. The van der Waals surface area contributed by atoms with Crippen LogP contribution in [0.15, 0.2) is 42.5 Å². The fourth-order valence-electron chi connectivity index (χ4n) is 2.55. The summed E-state index contributed by atoms with van der Waals surface area (Å²) in [6, 6.07) is 10.3. The van der Waals surface area contributed by atoms with Gasteiger partial charge in [-0.15, -0.1) is 0 Å². The van der Waals surface area contributed by atoms with E-state index >= 15 is 0 Å². The van der Waals surface area contributed by atoms with Gasteiger partial charge in [-0.2, -0.15) is 0 Å². The average molecular weight is 412 g/mol. The standard InChI is InChI=1S/C18H16Cl2FN3O3/c19-15-6-5-13(7-16(15)20)24-10-14(27-18(24)26)9-23-17(25)22-8-11-1-3-12(21)4-2-11/h1-7,14H,8-10H2,(H2,22,23,25). The third kappa shape index (κ3) is 5.02. The molecule has 1 unspecified atom stereocenters. The molecule has 3 rings (SSSR count). The van der Waals surface area contributed by atoms with E-state index in [0.29, 0.717) is 15.7 Å². The normalized spacial score (nSPS) is 16.2. The Morgan fingerprint density at radius 2 is 1.89 bits per heavy atom. The predicted molar refractivity (Wildman–Crippen MR) is 101 cm³/mol. The van der Waals surface area contributed by atoms with Crippen molar-refractivity contribution in [2.45, 2.75) is 12.6 Å². The van der Waals surface area contributed by atoms with Gasteiger partial charge in [0.2, 0.25) is 0 Å². The number of halogens is 3. The number of ether oxygens (including phenoxy) is 1. The summed E-state index contributed by atoms with van der Waals surface area (Å²) < 4.78 is 18.1. The summed E-state index contributed by atoms with van der Waals surface area (Å²) in [4.78, 5) is 25.3. The number of hydrogen-bond acceptors (Lipinski definition) is 3. The molecule has 142 valence electrons. The molecule has 0 aliphatic carbocycles. The SMILES string of the molecule is O=C(NCc1ccc(F)cc1)NCC1CN(c2ccc(Cl)c(Cl)c2)C(=O)O1. The second-order valence-electron chi connectivity index (χ2n) is 5.90. The number of anilines is 1. The monoisotopic (exact) mass is 411 g/mol. The van der Waals surface area contributed by atoms with Crippen LogP contribution in [0.4, 0.5) is 19.7 Å². The summed E-state index contributed by atoms with van der Waals surface area (Å²) in [5, 5.41) is 6.02. The molecule has 0 radical (unpaired) electrons. The van der Waals surface area contributed by atoms with Gasteiger partial charge in [0.25, 0.3) is 0 Å². The smallest absolute Gasteiger partial charge is 0.414 e. The van der Waals surface area contributed by atoms with Gasteiger partial charge in [-0.25, -0.2) is 14.0 Å². The zero-order chi connectivity index (χ0) is 19.4. The lowest BCUT2D eigenvalue weighted by molar-refractivity contribution is 0.140. The number of nitrogens with one attached hydrogen (secondary N) is 2. The summed E-state index contributed by atoms with van der Waals surface area (Å²) in [5.74, 6) is -0.335. The third-order valence-corrected chi connectivity index (χ3v) is 4.68. The molecular weight excluding hydrogens is 396 g/mol. The largest absolute Gasteiger partial charge is 0.442 e. The highest BCUT2D eigenvalue weighted by molar-refractivity contribution is 6.42. The first-order chi connectivity index (χ1) is 12.9. The molecule has 1 saturated heterocycles. The number of rotatable bonds is 5. The number of amides is 3. The number of carbonyl (C=O) groups excluding carboxylic acids is 2. The number of benzene rings is 2. The van der Waals surface area contributed by atoms with E-state index < -0.39 is 18.2 Å². The van der Waals surface area contributed by atoms with Crippen molar-refractivity contribution in [3.8, 4) is 0 Å².